The molecule has 0 unspecified atom stereocenters. The van der Waals surface area contributed by atoms with E-state index in [-0.39, 0.29) is 5.57 Å². The summed E-state index contributed by atoms with van der Waals surface area (Å²) >= 11 is 4.84. The maximum Gasteiger partial charge on any atom is 0.266 e. The van der Waals surface area contributed by atoms with E-state index in [1.807, 2.05) is 36.6 Å². The Balaban J connectivity index is 2.21. The van der Waals surface area contributed by atoms with E-state index in [0.29, 0.717) is 5.69 Å². The lowest BCUT2D eigenvalue weighted by Crippen LogP contribution is -2.13. The molecule has 0 fully saturated rings. The van der Waals surface area contributed by atoms with Crippen molar-refractivity contribution in [3.8, 4) is 6.07 Å². The van der Waals surface area contributed by atoms with Gasteiger partial charge < -0.3 is 5.32 Å². The molecule has 0 aliphatic heterocycles. The molecule has 0 bridgehead atoms. The summed E-state index contributed by atoms with van der Waals surface area (Å²) in [6.45, 7) is 1.95. The van der Waals surface area contributed by atoms with Crippen molar-refractivity contribution in [2.24, 2.45) is 0 Å². The number of nitriles is 1. The van der Waals surface area contributed by atoms with Crippen LogP contribution in [0, 0.1) is 18.3 Å². The number of carbonyl (C=O) groups excluding carboxylic acids is 1. The maximum atomic E-state index is 12.1. The van der Waals surface area contributed by atoms with E-state index in [0.717, 1.165) is 14.9 Å². The van der Waals surface area contributed by atoms with Gasteiger partial charge in [0.2, 0.25) is 0 Å². The number of aryl methyl sites for hydroxylation is 1. The predicted molar refractivity (Wildman–Crippen MR) is 85.4 cm³/mol. The highest BCUT2D eigenvalue weighted by Gasteiger charge is 2.10. The summed E-state index contributed by atoms with van der Waals surface area (Å²) in [6, 6.07) is 11.1. The molecule has 1 aromatic carbocycles. The van der Waals surface area contributed by atoms with Crippen LogP contribution in [0.3, 0.4) is 0 Å². The monoisotopic (exact) mass is 346 g/mol. The third kappa shape index (κ3) is 3.56. The second kappa shape index (κ2) is 6.51. The van der Waals surface area contributed by atoms with Crippen LogP contribution >= 0.6 is 27.3 Å². The highest BCUT2D eigenvalue weighted by Crippen LogP contribution is 2.20. The minimum atomic E-state index is -0.404. The summed E-state index contributed by atoms with van der Waals surface area (Å²) in [5.74, 6) is -0.404. The summed E-state index contributed by atoms with van der Waals surface area (Å²) in [5, 5.41) is 13.8. The number of halogens is 1. The summed E-state index contributed by atoms with van der Waals surface area (Å²) < 4.78 is 0.867. The fourth-order valence-electron chi connectivity index (χ4n) is 1.58. The number of thiophene rings is 1. The maximum absolute atomic E-state index is 12.1. The smallest absolute Gasteiger partial charge is 0.266 e. The SMILES string of the molecule is Cc1ccsc1C=C(C#N)C(=O)Nc1cccc(Br)c1. The van der Waals surface area contributed by atoms with E-state index < -0.39 is 5.91 Å². The van der Waals surface area contributed by atoms with Crippen molar-refractivity contribution >= 4 is 44.9 Å². The van der Waals surface area contributed by atoms with Crippen LogP contribution in [0.2, 0.25) is 0 Å². The third-order valence-corrected chi connectivity index (χ3v) is 4.08. The number of nitrogens with zero attached hydrogens (tertiary/aromatic N) is 1. The zero-order valence-electron chi connectivity index (χ0n) is 10.7. The summed E-state index contributed by atoms with van der Waals surface area (Å²) in [6.07, 6.45) is 1.62. The molecule has 0 radical (unpaired) electrons. The van der Waals surface area contributed by atoms with Crippen molar-refractivity contribution in [3.63, 3.8) is 0 Å². The predicted octanol–water partition coefficient (Wildman–Crippen LogP) is 4.36. The molecule has 3 nitrogen and oxygen atoms in total. The molecule has 1 N–H and O–H groups in total. The largest absolute Gasteiger partial charge is 0.321 e. The van der Waals surface area contributed by atoms with Crippen LogP contribution in [0.15, 0.2) is 45.8 Å². The van der Waals surface area contributed by atoms with Gasteiger partial charge in [-0.1, -0.05) is 22.0 Å². The molecule has 0 atom stereocenters. The molecule has 0 spiro atoms. The summed E-state index contributed by atoms with van der Waals surface area (Å²) in [5.41, 5.74) is 1.79. The minimum Gasteiger partial charge on any atom is -0.321 e. The van der Waals surface area contributed by atoms with E-state index in [2.05, 4.69) is 21.2 Å². The van der Waals surface area contributed by atoms with Crippen LogP contribution < -0.4 is 5.32 Å². The Morgan fingerprint density at radius 2 is 2.25 bits per heavy atom. The zero-order valence-corrected chi connectivity index (χ0v) is 13.1. The van der Waals surface area contributed by atoms with Gasteiger partial charge in [-0.2, -0.15) is 5.26 Å². The Morgan fingerprint density at radius 1 is 1.45 bits per heavy atom. The van der Waals surface area contributed by atoms with Gasteiger partial charge in [0, 0.05) is 15.0 Å². The summed E-state index contributed by atoms with van der Waals surface area (Å²) in [4.78, 5) is 13.0. The number of amides is 1. The van der Waals surface area contributed by atoms with Gasteiger partial charge in [0.15, 0.2) is 0 Å². The number of hydrogen-bond donors (Lipinski definition) is 1. The van der Waals surface area contributed by atoms with E-state index in [4.69, 9.17) is 5.26 Å². The quantitative estimate of drug-likeness (QED) is 0.662. The third-order valence-electron chi connectivity index (χ3n) is 2.62. The fraction of sp³-hybridized carbons (Fsp3) is 0.0667. The van der Waals surface area contributed by atoms with Gasteiger partial charge in [0.25, 0.3) is 5.91 Å². The van der Waals surface area contributed by atoms with Crippen LogP contribution in [0.1, 0.15) is 10.4 Å². The Hall–Kier alpha value is -1.90. The number of carbonyl (C=O) groups is 1. The fourth-order valence-corrected chi connectivity index (χ4v) is 2.83. The molecular weight excluding hydrogens is 336 g/mol. The van der Waals surface area contributed by atoms with E-state index in [1.54, 1.807) is 18.2 Å². The van der Waals surface area contributed by atoms with Crippen molar-refractivity contribution in [3.05, 3.63) is 56.2 Å². The van der Waals surface area contributed by atoms with Gasteiger partial charge in [-0.25, -0.2) is 0 Å². The molecule has 1 amide bonds. The molecular formula is C15H11BrN2OS. The lowest BCUT2D eigenvalue weighted by atomic mass is 10.2. The van der Waals surface area contributed by atoms with Crippen LogP contribution in [-0.4, -0.2) is 5.91 Å². The van der Waals surface area contributed by atoms with Crippen molar-refractivity contribution in [1.29, 1.82) is 5.26 Å². The number of hydrogen-bond acceptors (Lipinski definition) is 3. The van der Waals surface area contributed by atoms with Gasteiger partial charge in [-0.05, 0) is 48.2 Å². The van der Waals surface area contributed by atoms with Crippen LogP contribution in [0.4, 0.5) is 5.69 Å². The molecule has 1 aromatic heterocycles. The zero-order chi connectivity index (χ0) is 14.5. The van der Waals surface area contributed by atoms with E-state index >= 15 is 0 Å². The van der Waals surface area contributed by atoms with E-state index in [1.165, 1.54) is 11.3 Å². The normalized spacial score (nSPS) is 10.9. The van der Waals surface area contributed by atoms with Crippen molar-refractivity contribution in [2.75, 3.05) is 5.32 Å². The Morgan fingerprint density at radius 3 is 2.85 bits per heavy atom. The first-order valence-corrected chi connectivity index (χ1v) is 7.50. The lowest BCUT2D eigenvalue weighted by Gasteiger charge is -2.04. The topological polar surface area (TPSA) is 52.9 Å². The van der Waals surface area contributed by atoms with Crippen molar-refractivity contribution in [1.82, 2.24) is 0 Å². The van der Waals surface area contributed by atoms with Gasteiger partial charge in [-0.15, -0.1) is 11.3 Å². The minimum absolute atomic E-state index is 0.0931. The number of benzene rings is 1. The van der Waals surface area contributed by atoms with Crippen LogP contribution in [-0.2, 0) is 4.79 Å². The van der Waals surface area contributed by atoms with Gasteiger partial charge in [0.1, 0.15) is 11.6 Å². The highest BCUT2D eigenvalue weighted by molar-refractivity contribution is 9.10. The first-order valence-electron chi connectivity index (χ1n) is 5.83. The molecule has 20 heavy (non-hydrogen) atoms. The van der Waals surface area contributed by atoms with E-state index in [9.17, 15) is 4.79 Å². The number of anilines is 1. The first kappa shape index (κ1) is 14.5. The molecule has 100 valence electrons. The Bertz CT molecular complexity index is 713. The molecule has 2 rings (SSSR count). The van der Waals surface area contributed by atoms with Crippen molar-refractivity contribution < 1.29 is 4.79 Å². The van der Waals surface area contributed by atoms with Gasteiger partial charge in [0.05, 0.1) is 0 Å². The van der Waals surface area contributed by atoms with Gasteiger partial charge in [-0.3, -0.25) is 4.79 Å². The molecule has 2 aromatic rings. The van der Waals surface area contributed by atoms with Crippen molar-refractivity contribution in [2.45, 2.75) is 6.92 Å². The molecule has 0 saturated carbocycles. The summed E-state index contributed by atoms with van der Waals surface area (Å²) in [7, 11) is 0. The molecule has 1 heterocycles. The Labute approximate surface area is 129 Å². The molecule has 0 aliphatic rings. The molecule has 0 saturated heterocycles. The highest BCUT2D eigenvalue weighted by atomic mass is 79.9. The number of nitrogens with one attached hydrogen (secondary N) is 1. The van der Waals surface area contributed by atoms with Crippen LogP contribution in [0.25, 0.3) is 6.08 Å². The van der Waals surface area contributed by atoms with Gasteiger partial charge >= 0.3 is 0 Å². The first-order chi connectivity index (χ1) is 9.60. The average Bonchev–Trinajstić information content (AvgIpc) is 2.81. The second-order valence-electron chi connectivity index (χ2n) is 4.10. The second-order valence-corrected chi connectivity index (χ2v) is 5.97. The standard InChI is InChI=1S/C15H11BrN2OS/c1-10-5-6-20-14(10)7-11(9-17)15(19)18-13-4-2-3-12(16)8-13/h2-8H,1H3,(H,18,19). The Kier molecular flexibility index (Phi) is 4.72. The molecule has 0 aliphatic carbocycles. The molecule has 5 heteroatoms. The van der Waals surface area contributed by atoms with Crippen LogP contribution in [0.5, 0.6) is 0 Å². The average molecular weight is 347 g/mol. The number of rotatable bonds is 3. The lowest BCUT2D eigenvalue weighted by molar-refractivity contribution is -0.112.